The van der Waals surface area contributed by atoms with Crippen LogP contribution in [0.3, 0.4) is 0 Å². The van der Waals surface area contributed by atoms with Crippen LogP contribution in [0.15, 0.2) is 24.3 Å². The van der Waals surface area contributed by atoms with Gasteiger partial charge in [0.25, 0.3) is 0 Å². The van der Waals surface area contributed by atoms with E-state index in [1.165, 1.54) is 12.1 Å². The van der Waals surface area contributed by atoms with E-state index < -0.39 is 6.10 Å². The molecular weight excluding hydrogens is 233 g/mol. The van der Waals surface area contributed by atoms with Crippen LogP contribution in [0.1, 0.15) is 38.4 Å². The zero-order valence-electron chi connectivity index (χ0n) is 11.0. The molecule has 0 aliphatic heterocycles. The average molecular weight is 255 g/mol. The number of hydrogen-bond acceptors (Lipinski definition) is 3. The van der Waals surface area contributed by atoms with E-state index in [0.29, 0.717) is 18.5 Å². The third-order valence-electron chi connectivity index (χ3n) is 3.40. The highest BCUT2D eigenvalue weighted by atomic mass is 19.1. The Hall–Kier alpha value is -0.970. The van der Waals surface area contributed by atoms with Gasteiger partial charge in [0.05, 0.1) is 6.10 Å². The molecule has 2 atom stereocenters. The predicted octanol–water partition coefficient (Wildman–Crippen LogP) is 2.00. The molecule has 0 spiro atoms. The van der Waals surface area contributed by atoms with Gasteiger partial charge in [0.15, 0.2) is 0 Å². The van der Waals surface area contributed by atoms with Crippen LogP contribution in [0.4, 0.5) is 4.39 Å². The summed E-state index contributed by atoms with van der Waals surface area (Å²) in [6.45, 7) is 4.47. The van der Waals surface area contributed by atoms with Crippen molar-refractivity contribution in [3.63, 3.8) is 0 Å². The molecule has 102 valence electrons. The minimum absolute atomic E-state index is 0.105. The van der Waals surface area contributed by atoms with E-state index in [9.17, 15) is 9.50 Å². The fraction of sp³-hybridized carbons (Fsp3) is 0.571. The summed E-state index contributed by atoms with van der Waals surface area (Å²) < 4.78 is 13.0. The number of β-amino-alcohol motifs (C(OH)–C–C–N with tert-alkyl or cyclic N) is 1. The van der Waals surface area contributed by atoms with Crippen LogP contribution in [0.25, 0.3) is 0 Å². The molecule has 4 heteroatoms. The smallest absolute Gasteiger partial charge is 0.123 e. The summed E-state index contributed by atoms with van der Waals surface area (Å²) in [5.74, 6) is -0.347. The van der Waals surface area contributed by atoms with Crippen LogP contribution in [0.5, 0.6) is 0 Å². The van der Waals surface area contributed by atoms with Crippen molar-refractivity contribution in [3.8, 4) is 0 Å². The molecule has 3 nitrogen and oxygen atoms in total. The SMILES string of the molecule is CCC(C)(CCO)NCC(O)c1cccc(F)c1. The van der Waals surface area contributed by atoms with Crippen molar-refractivity contribution >= 4 is 0 Å². The van der Waals surface area contributed by atoms with Crippen LogP contribution in [-0.4, -0.2) is 28.9 Å². The first-order valence-electron chi connectivity index (χ1n) is 6.30. The molecule has 0 saturated heterocycles. The molecule has 0 bridgehead atoms. The maximum absolute atomic E-state index is 13.0. The number of benzene rings is 1. The monoisotopic (exact) mass is 255 g/mol. The van der Waals surface area contributed by atoms with Crippen LogP contribution < -0.4 is 5.32 Å². The van der Waals surface area contributed by atoms with E-state index in [4.69, 9.17) is 5.11 Å². The lowest BCUT2D eigenvalue weighted by Crippen LogP contribution is -2.44. The molecule has 0 fully saturated rings. The highest BCUT2D eigenvalue weighted by Crippen LogP contribution is 2.17. The van der Waals surface area contributed by atoms with Crippen LogP contribution in [0.2, 0.25) is 0 Å². The highest BCUT2D eigenvalue weighted by Gasteiger charge is 2.22. The van der Waals surface area contributed by atoms with Gasteiger partial charge in [-0.1, -0.05) is 19.1 Å². The lowest BCUT2D eigenvalue weighted by molar-refractivity contribution is 0.145. The highest BCUT2D eigenvalue weighted by molar-refractivity contribution is 5.19. The molecule has 0 amide bonds. The molecule has 0 heterocycles. The standard InChI is InChI=1S/C14H22FNO2/c1-3-14(2,7-8-17)16-10-13(18)11-5-4-6-12(15)9-11/h4-6,9,13,16-18H,3,7-8,10H2,1-2H3. The van der Waals surface area contributed by atoms with Crippen molar-refractivity contribution in [2.75, 3.05) is 13.2 Å². The normalized spacial score (nSPS) is 16.3. The van der Waals surface area contributed by atoms with Crippen LogP contribution in [0, 0.1) is 5.82 Å². The number of halogens is 1. The number of nitrogens with one attached hydrogen (secondary N) is 1. The molecular formula is C14H22FNO2. The molecule has 3 N–H and O–H groups in total. The maximum atomic E-state index is 13.0. The minimum atomic E-state index is -0.745. The fourth-order valence-corrected chi connectivity index (χ4v) is 1.81. The van der Waals surface area contributed by atoms with Gasteiger partial charge in [-0.25, -0.2) is 4.39 Å². The Labute approximate surface area is 108 Å². The van der Waals surface area contributed by atoms with Gasteiger partial charge in [-0.3, -0.25) is 0 Å². The van der Waals surface area contributed by atoms with Gasteiger partial charge >= 0.3 is 0 Å². The van der Waals surface area contributed by atoms with E-state index in [2.05, 4.69) is 5.32 Å². The van der Waals surface area contributed by atoms with E-state index in [0.717, 1.165) is 6.42 Å². The summed E-state index contributed by atoms with van der Waals surface area (Å²) in [4.78, 5) is 0. The first-order valence-corrected chi connectivity index (χ1v) is 6.30. The molecule has 18 heavy (non-hydrogen) atoms. The van der Waals surface area contributed by atoms with Gasteiger partial charge in [0, 0.05) is 18.7 Å². The Morgan fingerprint density at radius 1 is 1.44 bits per heavy atom. The van der Waals surface area contributed by atoms with Crippen molar-refractivity contribution in [1.82, 2.24) is 5.32 Å². The van der Waals surface area contributed by atoms with Crippen molar-refractivity contribution < 1.29 is 14.6 Å². The number of hydrogen-bond donors (Lipinski definition) is 3. The summed E-state index contributed by atoms with van der Waals surface area (Å²) in [5.41, 5.74) is 0.355. The Bertz CT molecular complexity index is 373. The van der Waals surface area contributed by atoms with Gasteiger partial charge in [0.2, 0.25) is 0 Å². The van der Waals surface area contributed by atoms with Crippen molar-refractivity contribution in [3.05, 3.63) is 35.6 Å². The third-order valence-corrected chi connectivity index (χ3v) is 3.40. The molecule has 0 aliphatic rings. The molecule has 0 radical (unpaired) electrons. The second-order valence-electron chi connectivity index (χ2n) is 4.84. The summed E-state index contributed by atoms with van der Waals surface area (Å²) in [7, 11) is 0. The van der Waals surface area contributed by atoms with Crippen LogP contribution in [-0.2, 0) is 0 Å². The summed E-state index contributed by atoms with van der Waals surface area (Å²) in [6.07, 6.45) is 0.730. The Morgan fingerprint density at radius 2 is 2.17 bits per heavy atom. The Kier molecular flexibility index (Phi) is 5.72. The number of rotatable bonds is 7. The molecule has 0 aliphatic carbocycles. The molecule has 1 aromatic rings. The molecule has 1 aromatic carbocycles. The predicted molar refractivity (Wildman–Crippen MR) is 69.8 cm³/mol. The van der Waals surface area contributed by atoms with Gasteiger partial charge in [-0.05, 0) is 37.5 Å². The zero-order chi connectivity index (χ0) is 13.6. The van der Waals surface area contributed by atoms with Crippen molar-refractivity contribution in [2.24, 2.45) is 0 Å². The summed E-state index contributed by atoms with van der Waals surface area (Å²) in [6, 6.07) is 5.97. The molecule has 1 rings (SSSR count). The largest absolute Gasteiger partial charge is 0.396 e. The Balaban J connectivity index is 2.57. The topological polar surface area (TPSA) is 52.5 Å². The van der Waals surface area contributed by atoms with Gasteiger partial charge < -0.3 is 15.5 Å². The second-order valence-corrected chi connectivity index (χ2v) is 4.84. The second kappa shape index (κ2) is 6.83. The first-order chi connectivity index (χ1) is 8.50. The average Bonchev–Trinajstić information content (AvgIpc) is 2.36. The van der Waals surface area contributed by atoms with Crippen molar-refractivity contribution in [2.45, 2.75) is 38.3 Å². The van der Waals surface area contributed by atoms with Gasteiger partial charge in [0.1, 0.15) is 5.82 Å². The number of aliphatic hydroxyl groups is 2. The van der Waals surface area contributed by atoms with E-state index in [-0.39, 0.29) is 18.0 Å². The molecule has 0 saturated carbocycles. The molecule has 2 unspecified atom stereocenters. The lowest BCUT2D eigenvalue weighted by Gasteiger charge is -2.30. The summed E-state index contributed by atoms with van der Waals surface area (Å²) in [5, 5.41) is 22.2. The first kappa shape index (κ1) is 15.1. The fourth-order valence-electron chi connectivity index (χ4n) is 1.81. The van der Waals surface area contributed by atoms with E-state index in [1.54, 1.807) is 12.1 Å². The van der Waals surface area contributed by atoms with E-state index >= 15 is 0 Å². The van der Waals surface area contributed by atoms with Gasteiger partial charge in [-0.15, -0.1) is 0 Å². The minimum Gasteiger partial charge on any atom is -0.396 e. The van der Waals surface area contributed by atoms with Crippen molar-refractivity contribution in [1.29, 1.82) is 0 Å². The van der Waals surface area contributed by atoms with E-state index in [1.807, 2.05) is 13.8 Å². The third kappa shape index (κ3) is 4.37. The molecule has 0 aromatic heterocycles. The van der Waals surface area contributed by atoms with Gasteiger partial charge in [-0.2, -0.15) is 0 Å². The Morgan fingerprint density at radius 3 is 2.72 bits per heavy atom. The van der Waals surface area contributed by atoms with Crippen LogP contribution >= 0.6 is 0 Å². The quantitative estimate of drug-likeness (QED) is 0.698. The number of aliphatic hydroxyl groups excluding tert-OH is 2. The zero-order valence-corrected chi connectivity index (χ0v) is 11.0. The lowest BCUT2D eigenvalue weighted by atomic mass is 9.94. The summed E-state index contributed by atoms with van der Waals surface area (Å²) >= 11 is 0. The maximum Gasteiger partial charge on any atom is 0.123 e.